The van der Waals surface area contributed by atoms with Gasteiger partial charge < -0.3 is 5.32 Å². The van der Waals surface area contributed by atoms with Gasteiger partial charge >= 0.3 is 0 Å². The van der Waals surface area contributed by atoms with Crippen molar-refractivity contribution in [2.45, 2.75) is 17.3 Å². The fourth-order valence-electron chi connectivity index (χ4n) is 3.20. The second kappa shape index (κ2) is 10.9. The van der Waals surface area contributed by atoms with E-state index in [1.165, 1.54) is 24.3 Å². The molecule has 0 saturated carbocycles. The highest BCUT2D eigenvalue weighted by molar-refractivity contribution is 7.94. The maximum Gasteiger partial charge on any atom is 0.291 e. The summed E-state index contributed by atoms with van der Waals surface area (Å²) < 4.78 is 27.9. The van der Waals surface area contributed by atoms with Crippen molar-refractivity contribution in [2.24, 2.45) is 0 Å². The molecule has 1 unspecified atom stereocenters. The first-order valence-electron chi connectivity index (χ1n) is 10.6. The van der Waals surface area contributed by atoms with Crippen molar-refractivity contribution < 1.29 is 18.0 Å². The number of para-hydroxylation sites is 1. The Labute approximate surface area is 216 Å². The number of halogens is 1. The highest BCUT2D eigenvalue weighted by atomic mass is 35.5. The molecule has 0 spiro atoms. The monoisotopic (exact) mass is 541 g/mol. The molecule has 1 atom stereocenters. The number of amides is 2. The third kappa shape index (κ3) is 6.06. The van der Waals surface area contributed by atoms with E-state index in [0.717, 1.165) is 5.56 Å². The number of sulfonamides is 1. The van der Waals surface area contributed by atoms with E-state index in [-0.39, 0.29) is 26.8 Å². The quantitative estimate of drug-likeness (QED) is 0.276. The largest absolute Gasteiger partial charge is 0.345 e. The summed E-state index contributed by atoms with van der Waals surface area (Å²) in [7, 11) is -4.19. The standard InChI is InChI=1S/C24H20ClN5O4S2/c1-15(16-7-3-2-4-8-16)26-22(32)19-9-5-6-10-20(19)30-36(33,34)24-29-28-23(35-24)27-21(31)17-11-13-18(25)14-12-17/h2-15,30H,1H3,(H,26,32)(H,27,28,31). The molecule has 12 heteroatoms. The van der Waals surface area contributed by atoms with Crippen LogP contribution in [0.5, 0.6) is 0 Å². The third-order valence-electron chi connectivity index (χ3n) is 5.03. The number of nitrogens with zero attached hydrogens (tertiary/aromatic N) is 2. The van der Waals surface area contributed by atoms with E-state index in [1.54, 1.807) is 24.3 Å². The van der Waals surface area contributed by atoms with Crippen molar-refractivity contribution >= 4 is 55.6 Å². The van der Waals surface area contributed by atoms with Gasteiger partial charge in [0.2, 0.25) is 5.13 Å². The summed E-state index contributed by atoms with van der Waals surface area (Å²) in [5.41, 5.74) is 1.45. The van der Waals surface area contributed by atoms with E-state index in [4.69, 9.17) is 11.6 Å². The minimum Gasteiger partial charge on any atom is -0.345 e. The van der Waals surface area contributed by atoms with Crippen LogP contribution in [0.1, 0.15) is 39.2 Å². The van der Waals surface area contributed by atoms with Gasteiger partial charge in [0.25, 0.3) is 26.2 Å². The van der Waals surface area contributed by atoms with E-state index in [2.05, 4.69) is 25.6 Å². The molecule has 0 radical (unpaired) electrons. The summed E-state index contributed by atoms with van der Waals surface area (Å²) in [6.07, 6.45) is 0. The van der Waals surface area contributed by atoms with Crippen LogP contribution in [0.15, 0.2) is 83.2 Å². The molecule has 4 rings (SSSR count). The van der Waals surface area contributed by atoms with E-state index >= 15 is 0 Å². The van der Waals surface area contributed by atoms with Gasteiger partial charge in [0.05, 0.1) is 17.3 Å². The number of aromatic nitrogens is 2. The molecule has 4 aromatic rings. The van der Waals surface area contributed by atoms with Gasteiger partial charge in [0.15, 0.2) is 0 Å². The van der Waals surface area contributed by atoms with Crippen LogP contribution in [0.25, 0.3) is 0 Å². The Morgan fingerprint density at radius 1 is 0.889 bits per heavy atom. The zero-order valence-electron chi connectivity index (χ0n) is 18.8. The van der Waals surface area contributed by atoms with E-state index in [1.807, 2.05) is 37.3 Å². The maximum absolute atomic E-state index is 13.0. The van der Waals surface area contributed by atoms with Crippen LogP contribution < -0.4 is 15.4 Å². The average Bonchev–Trinajstić information content (AvgIpc) is 3.34. The number of nitrogens with one attached hydrogen (secondary N) is 3. The van der Waals surface area contributed by atoms with Crippen LogP contribution in [-0.4, -0.2) is 30.4 Å². The molecule has 3 aromatic carbocycles. The van der Waals surface area contributed by atoms with Crippen molar-refractivity contribution in [1.82, 2.24) is 15.5 Å². The zero-order valence-corrected chi connectivity index (χ0v) is 21.2. The fraction of sp³-hybridized carbons (Fsp3) is 0.0833. The lowest BCUT2D eigenvalue weighted by Crippen LogP contribution is -2.28. The number of hydrogen-bond acceptors (Lipinski definition) is 7. The first kappa shape index (κ1) is 25.3. The molecule has 1 heterocycles. The highest BCUT2D eigenvalue weighted by Gasteiger charge is 2.24. The maximum atomic E-state index is 13.0. The molecule has 0 fully saturated rings. The second-order valence-electron chi connectivity index (χ2n) is 7.59. The normalized spacial score (nSPS) is 11.9. The predicted molar refractivity (Wildman–Crippen MR) is 139 cm³/mol. The van der Waals surface area contributed by atoms with Crippen LogP contribution in [0.3, 0.4) is 0 Å². The first-order chi connectivity index (χ1) is 17.2. The predicted octanol–water partition coefficient (Wildman–Crippen LogP) is 4.74. The van der Waals surface area contributed by atoms with Gasteiger partial charge in [-0.05, 0) is 48.9 Å². The molecular formula is C24H20ClN5O4S2. The van der Waals surface area contributed by atoms with Gasteiger partial charge in [-0.3, -0.25) is 19.6 Å². The zero-order chi connectivity index (χ0) is 25.7. The van der Waals surface area contributed by atoms with E-state index in [0.29, 0.717) is 21.9 Å². The van der Waals surface area contributed by atoms with Crippen molar-refractivity contribution in [3.05, 3.63) is 101 Å². The molecule has 0 aliphatic heterocycles. The lowest BCUT2D eigenvalue weighted by molar-refractivity contribution is 0.0940. The number of hydrogen-bond donors (Lipinski definition) is 3. The van der Waals surface area contributed by atoms with Gasteiger partial charge in [-0.1, -0.05) is 65.4 Å². The molecular weight excluding hydrogens is 522 g/mol. The smallest absolute Gasteiger partial charge is 0.291 e. The lowest BCUT2D eigenvalue weighted by atomic mass is 10.1. The molecule has 9 nitrogen and oxygen atoms in total. The summed E-state index contributed by atoms with van der Waals surface area (Å²) in [6.45, 7) is 1.83. The number of rotatable bonds is 8. The molecule has 36 heavy (non-hydrogen) atoms. The Morgan fingerprint density at radius 2 is 1.56 bits per heavy atom. The Balaban J connectivity index is 1.48. The van der Waals surface area contributed by atoms with E-state index in [9.17, 15) is 18.0 Å². The number of benzene rings is 3. The molecule has 0 aliphatic carbocycles. The Kier molecular flexibility index (Phi) is 7.63. The van der Waals surface area contributed by atoms with Crippen molar-refractivity contribution in [2.75, 3.05) is 10.0 Å². The number of anilines is 2. The van der Waals surface area contributed by atoms with Crippen molar-refractivity contribution in [1.29, 1.82) is 0 Å². The number of carbonyl (C=O) groups is 2. The summed E-state index contributed by atoms with van der Waals surface area (Å²) >= 11 is 6.51. The Bertz CT molecular complexity index is 1490. The fourth-order valence-corrected chi connectivity index (χ4v) is 5.30. The van der Waals surface area contributed by atoms with Crippen LogP contribution in [-0.2, 0) is 10.0 Å². The lowest BCUT2D eigenvalue weighted by Gasteiger charge is -2.16. The minimum atomic E-state index is -4.19. The van der Waals surface area contributed by atoms with Crippen LogP contribution in [0.2, 0.25) is 5.02 Å². The highest BCUT2D eigenvalue weighted by Crippen LogP contribution is 2.25. The summed E-state index contributed by atoms with van der Waals surface area (Å²) in [4.78, 5) is 25.3. The minimum absolute atomic E-state index is 0.00182. The summed E-state index contributed by atoms with van der Waals surface area (Å²) in [6, 6.07) is 21.5. The van der Waals surface area contributed by atoms with Crippen molar-refractivity contribution in [3.63, 3.8) is 0 Å². The molecule has 0 bridgehead atoms. The topological polar surface area (TPSA) is 130 Å². The van der Waals surface area contributed by atoms with E-state index < -0.39 is 21.8 Å². The first-order valence-corrected chi connectivity index (χ1v) is 13.3. The Morgan fingerprint density at radius 3 is 2.28 bits per heavy atom. The third-order valence-corrected chi connectivity index (χ3v) is 7.85. The molecule has 0 saturated heterocycles. The van der Waals surface area contributed by atoms with Crippen LogP contribution in [0, 0.1) is 0 Å². The average molecular weight is 542 g/mol. The number of carbonyl (C=O) groups excluding carboxylic acids is 2. The molecule has 3 N–H and O–H groups in total. The van der Waals surface area contributed by atoms with Gasteiger partial charge in [-0.25, -0.2) is 0 Å². The summed E-state index contributed by atoms with van der Waals surface area (Å²) in [5, 5.41) is 13.3. The molecule has 2 amide bonds. The van der Waals surface area contributed by atoms with Crippen LogP contribution >= 0.6 is 22.9 Å². The SMILES string of the molecule is CC(NC(=O)c1ccccc1NS(=O)(=O)c1nnc(NC(=O)c2ccc(Cl)cc2)s1)c1ccccc1. The van der Waals surface area contributed by atoms with Gasteiger partial charge in [0.1, 0.15) is 0 Å². The van der Waals surface area contributed by atoms with Gasteiger partial charge in [0, 0.05) is 10.6 Å². The second-order valence-corrected chi connectivity index (χ2v) is 10.9. The molecule has 184 valence electrons. The molecule has 0 aliphatic rings. The molecule has 1 aromatic heterocycles. The summed E-state index contributed by atoms with van der Waals surface area (Å²) in [5.74, 6) is -0.938. The van der Waals surface area contributed by atoms with Gasteiger partial charge in [-0.2, -0.15) is 8.42 Å². The Hall–Kier alpha value is -3.80. The van der Waals surface area contributed by atoms with Crippen molar-refractivity contribution in [3.8, 4) is 0 Å². The van der Waals surface area contributed by atoms with Gasteiger partial charge in [-0.15, -0.1) is 10.2 Å². The van der Waals surface area contributed by atoms with Crippen LogP contribution in [0.4, 0.5) is 10.8 Å².